The van der Waals surface area contributed by atoms with Crippen molar-refractivity contribution in [2.45, 2.75) is 31.8 Å². The molecular weight excluding hydrogens is 208 g/mol. The lowest BCUT2D eigenvalue weighted by Crippen LogP contribution is -2.53. The molecule has 1 aliphatic carbocycles. The zero-order valence-corrected chi connectivity index (χ0v) is 10.4. The quantitative estimate of drug-likeness (QED) is 0.840. The highest BCUT2D eigenvalue weighted by Gasteiger charge is 2.41. The average molecular weight is 230 g/mol. The van der Waals surface area contributed by atoms with Gasteiger partial charge in [0.25, 0.3) is 0 Å². The zero-order chi connectivity index (χ0) is 11.7. The summed E-state index contributed by atoms with van der Waals surface area (Å²) in [6.07, 6.45) is 4.18. The lowest BCUT2D eigenvalue weighted by molar-refractivity contribution is 0.0316. The Bertz CT molecular complexity index is 358. The molecule has 0 spiro atoms. The van der Waals surface area contributed by atoms with Crippen LogP contribution in [0.3, 0.4) is 0 Å². The van der Waals surface area contributed by atoms with Gasteiger partial charge in [0.2, 0.25) is 0 Å². The van der Waals surface area contributed by atoms with Crippen LogP contribution in [-0.2, 0) is 6.54 Å². The van der Waals surface area contributed by atoms with E-state index in [0.717, 1.165) is 31.0 Å². The van der Waals surface area contributed by atoms with Crippen LogP contribution in [0, 0.1) is 11.8 Å². The van der Waals surface area contributed by atoms with E-state index in [2.05, 4.69) is 35.2 Å². The van der Waals surface area contributed by atoms with Crippen LogP contribution in [-0.4, -0.2) is 24.0 Å². The van der Waals surface area contributed by atoms with Gasteiger partial charge in [0.15, 0.2) is 0 Å². The summed E-state index contributed by atoms with van der Waals surface area (Å²) in [5.41, 5.74) is 7.39. The summed E-state index contributed by atoms with van der Waals surface area (Å²) in [5, 5.41) is 0. The smallest absolute Gasteiger partial charge is 0.0236 e. The fraction of sp³-hybridized carbons (Fsp3) is 0.600. The molecule has 1 aromatic rings. The molecule has 0 bridgehead atoms. The molecule has 92 valence electrons. The van der Waals surface area contributed by atoms with E-state index in [1.54, 1.807) is 0 Å². The normalized spacial score (nSPS) is 26.5. The molecule has 1 heterocycles. The van der Waals surface area contributed by atoms with E-state index in [1.807, 2.05) is 0 Å². The van der Waals surface area contributed by atoms with Crippen LogP contribution in [0.5, 0.6) is 0 Å². The molecule has 1 aliphatic heterocycles. The fourth-order valence-electron chi connectivity index (χ4n) is 3.15. The number of benzene rings is 1. The zero-order valence-electron chi connectivity index (χ0n) is 10.4. The molecule has 0 amide bonds. The Balaban J connectivity index is 1.61. The Labute approximate surface area is 104 Å². The molecule has 2 unspecified atom stereocenters. The highest BCUT2D eigenvalue weighted by atomic mass is 15.2. The highest BCUT2D eigenvalue weighted by molar-refractivity contribution is 5.15. The molecule has 17 heavy (non-hydrogen) atoms. The minimum atomic E-state index is 0.757. The van der Waals surface area contributed by atoms with E-state index >= 15 is 0 Å². The van der Waals surface area contributed by atoms with Gasteiger partial charge < -0.3 is 5.73 Å². The van der Waals surface area contributed by atoms with Crippen molar-refractivity contribution >= 4 is 0 Å². The van der Waals surface area contributed by atoms with Gasteiger partial charge in [-0.2, -0.15) is 0 Å². The van der Waals surface area contributed by atoms with Crippen LogP contribution in [0.1, 0.15) is 24.8 Å². The SMILES string of the molecule is NCC(C1CC1)C1CCN1Cc1ccccc1. The molecule has 0 aromatic heterocycles. The van der Waals surface area contributed by atoms with E-state index < -0.39 is 0 Å². The van der Waals surface area contributed by atoms with Gasteiger partial charge in [-0.15, -0.1) is 0 Å². The summed E-state index contributed by atoms with van der Waals surface area (Å²) < 4.78 is 0. The number of hydrogen-bond donors (Lipinski definition) is 1. The van der Waals surface area contributed by atoms with Gasteiger partial charge in [0.05, 0.1) is 0 Å². The third-order valence-corrected chi connectivity index (χ3v) is 4.40. The van der Waals surface area contributed by atoms with Crippen LogP contribution in [0.4, 0.5) is 0 Å². The van der Waals surface area contributed by atoms with E-state index in [-0.39, 0.29) is 0 Å². The first kappa shape index (κ1) is 11.2. The van der Waals surface area contributed by atoms with Gasteiger partial charge in [-0.3, -0.25) is 4.90 Å². The summed E-state index contributed by atoms with van der Waals surface area (Å²) in [6.45, 7) is 3.23. The number of rotatable bonds is 5. The molecule has 3 rings (SSSR count). The van der Waals surface area contributed by atoms with Crippen LogP contribution >= 0.6 is 0 Å². The fourth-order valence-corrected chi connectivity index (χ4v) is 3.15. The number of nitrogens with zero attached hydrogens (tertiary/aromatic N) is 1. The Morgan fingerprint density at radius 1 is 1.18 bits per heavy atom. The van der Waals surface area contributed by atoms with Crippen LogP contribution in [0.15, 0.2) is 30.3 Å². The summed E-state index contributed by atoms with van der Waals surface area (Å²) in [4.78, 5) is 2.62. The van der Waals surface area contributed by atoms with E-state index in [0.29, 0.717) is 0 Å². The van der Waals surface area contributed by atoms with E-state index in [9.17, 15) is 0 Å². The maximum atomic E-state index is 5.95. The first-order valence-electron chi connectivity index (χ1n) is 6.86. The molecule has 1 saturated heterocycles. The Morgan fingerprint density at radius 2 is 1.94 bits per heavy atom. The summed E-state index contributed by atoms with van der Waals surface area (Å²) in [5.74, 6) is 1.69. The molecule has 2 nitrogen and oxygen atoms in total. The minimum Gasteiger partial charge on any atom is -0.330 e. The van der Waals surface area contributed by atoms with Gasteiger partial charge in [0.1, 0.15) is 0 Å². The summed E-state index contributed by atoms with van der Waals surface area (Å²) in [7, 11) is 0. The van der Waals surface area contributed by atoms with Crippen molar-refractivity contribution in [1.82, 2.24) is 4.90 Å². The van der Waals surface area contributed by atoms with Crippen molar-refractivity contribution in [3.63, 3.8) is 0 Å². The molecule has 2 N–H and O–H groups in total. The predicted octanol–water partition coefficient (Wildman–Crippen LogP) is 2.25. The topological polar surface area (TPSA) is 29.3 Å². The lowest BCUT2D eigenvalue weighted by Gasteiger charge is -2.45. The van der Waals surface area contributed by atoms with Crippen LogP contribution < -0.4 is 5.73 Å². The van der Waals surface area contributed by atoms with Crippen LogP contribution in [0.25, 0.3) is 0 Å². The van der Waals surface area contributed by atoms with E-state index in [4.69, 9.17) is 5.73 Å². The molecule has 2 heteroatoms. The molecule has 1 saturated carbocycles. The van der Waals surface area contributed by atoms with Crippen molar-refractivity contribution in [3.8, 4) is 0 Å². The Hall–Kier alpha value is -0.860. The van der Waals surface area contributed by atoms with Gasteiger partial charge in [-0.1, -0.05) is 30.3 Å². The Morgan fingerprint density at radius 3 is 2.47 bits per heavy atom. The largest absolute Gasteiger partial charge is 0.330 e. The molecule has 0 radical (unpaired) electrons. The molecule has 2 aliphatic rings. The third-order valence-electron chi connectivity index (χ3n) is 4.40. The van der Waals surface area contributed by atoms with Crippen molar-refractivity contribution in [3.05, 3.63) is 35.9 Å². The number of nitrogens with two attached hydrogens (primary N) is 1. The molecular formula is C15H22N2. The van der Waals surface area contributed by atoms with Gasteiger partial charge >= 0.3 is 0 Å². The van der Waals surface area contributed by atoms with Crippen molar-refractivity contribution in [2.75, 3.05) is 13.1 Å². The first-order valence-corrected chi connectivity index (χ1v) is 6.86. The van der Waals surface area contributed by atoms with Crippen molar-refractivity contribution < 1.29 is 0 Å². The third kappa shape index (κ3) is 2.38. The number of hydrogen-bond acceptors (Lipinski definition) is 2. The summed E-state index contributed by atoms with van der Waals surface area (Å²) >= 11 is 0. The van der Waals surface area contributed by atoms with Gasteiger partial charge in [-0.05, 0) is 43.2 Å². The molecule has 2 fully saturated rings. The maximum absolute atomic E-state index is 5.95. The van der Waals surface area contributed by atoms with Gasteiger partial charge in [-0.25, -0.2) is 0 Å². The minimum absolute atomic E-state index is 0.757. The van der Waals surface area contributed by atoms with Crippen molar-refractivity contribution in [1.29, 1.82) is 0 Å². The van der Waals surface area contributed by atoms with Crippen LogP contribution in [0.2, 0.25) is 0 Å². The van der Waals surface area contributed by atoms with Gasteiger partial charge in [0, 0.05) is 19.1 Å². The second kappa shape index (κ2) is 4.79. The first-order chi connectivity index (χ1) is 8.38. The number of likely N-dealkylation sites (tertiary alicyclic amines) is 1. The predicted molar refractivity (Wildman–Crippen MR) is 70.5 cm³/mol. The van der Waals surface area contributed by atoms with E-state index in [1.165, 1.54) is 31.4 Å². The maximum Gasteiger partial charge on any atom is 0.0236 e. The lowest BCUT2D eigenvalue weighted by atomic mass is 9.85. The molecule has 2 atom stereocenters. The second-order valence-electron chi connectivity index (χ2n) is 5.55. The summed E-state index contributed by atoms with van der Waals surface area (Å²) in [6, 6.07) is 11.6. The Kier molecular flexibility index (Phi) is 3.17. The average Bonchev–Trinajstić information content (AvgIpc) is 3.17. The highest BCUT2D eigenvalue weighted by Crippen LogP contribution is 2.42. The second-order valence-corrected chi connectivity index (χ2v) is 5.55. The monoisotopic (exact) mass is 230 g/mol. The standard InChI is InChI=1S/C15H22N2/c16-10-14(13-6-7-13)15-8-9-17(15)11-12-4-2-1-3-5-12/h1-5,13-15H,6-11,16H2. The molecule has 1 aromatic carbocycles. The van der Waals surface area contributed by atoms with Crippen molar-refractivity contribution in [2.24, 2.45) is 17.6 Å².